The minimum atomic E-state index is -0.0303. The predicted molar refractivity (Wildman–Crippen MR) is 140 cm³/mol. The van der Waals surface area contributed by atoms with Crippen molar-refractivity contribution in [2.24, 2.45) is 0 Å². The summed E-state index contributed by atoms with van der Waals surface area (Å²) in [7, 11) is 2.13. The lowest BCUT2D eigenvalue weighted by Gasteiger charge is -2.43. The van der Waals surface area contributed by atoms with Gasteiger partial charge in [-0.05, 0) is 66.6 Å². The van der Waals surface area contributed by atoms with E-state index in [4.69, 9.17) is 0 Å². The van der Waals surface area contributed by atoms with Crippen LogP contribution >= 0.6 is 0 Å². The van der Waals surface area contributed by atoms with E-state index in [9.17, 15) is 0 Å². The summed E-state index contributed by atoms with van der Waals surface area (Å²) in [6.45, 7) is 16.6. The maximum Gasteiger partial charge on any atom is 0.0895 e. The van der Waals surface area contributed by atoms with Crippen molar-refractivity contribution in [3.05, 3.63) is 77.4 Å². The molecule has 32 heavy (non-hydrogen) atoms. The van der Waals surface area contributed by atoms with E-state index >= 15 is 0 Å². The maximum absolute atomic E-state index is 3.78. The van der Waals surface area contributed by atoms with Crippen molar-refractivity contribution in [2.75, 3.05) is 11.9 Å². The number of hydrogen-bond acceptors (Lipinski definition) is 2. The molecule has 1 aliphatic rings. The summed E-state index contributed by atoms with van der Waals surface area (Å²) in [6.07, 6.45) is 1.28. The summed E-state index contributed by atoms with van der Waals surface area (Å²) in [5.74, 6) is 0.947. The van der Waals surface area contributed by atoms with Gasteiger partial charge in [-0.25, -0.2) is 0 Å². The molecule has 1 heterocycles. The molecule has 0 radical (unpaired) electrons. The first-order chi connectivity index (χ1) is 15.1. The van der Waals surface area contributed by atoms with E-state index in [1.807, 2.05) is 0 Å². The molecule has 2 nitrogen and oxygen atoms in total. The van der Waals surface area contributed by atoms with Crippen molar-refractivity contribution in [1.82, 2.24) is 5.32 Å². The van der Waals surface area contributed by atoms with Gasteiger partial charge in [0, 0.05) is 16.6 Å². The number of fused-ring (bicyclic) bond motifs is 1. The second kappa shape index (κ2) is 8.23. The van der Waals surface area contributed by atoms with Crippen LogP contribution in [0.3, 0.4) is 0 Å². The molecule has 3 aromatic carbocycles. The molecule has 0 bridgehead atoms. The highest BCUT2D eigenvalue weighted by molar-refractivity contribution is 5.87. The summed E-state index contributed by atoms with van der Waals surface area (Å²) in [5, 5.41) is 6.47. The van der Waals surface area contributed by atoms with E-state index in [1.165, 1.54) is 33.2 Å². The Morgan fingerprint density at radius 1 is 0.812 bits per heavy atom. The summed E-state index contributed by atoms with van der Waals surface area (Å²) in [4.78, 5) is 2.72. The third-order valence-corrected chi connectivity index (χ3v) is 7.58. The van der Waals surface area contributed by atoms with Crippen molar-refractivity contribution in [1.29, 1.82) is 0 Å². The van der Waals surface area contributed by atoms with Crippen molar-refractivity contribution < 1.29 is 0 Å². The molecule has 3 aromatic rings. The Morgan fingerprint density at radius 3 is 1.97 bits per heavy atom. The SMILES string of the molecule is CNC1N(c2c(C(C)C)cccc2C(C)C)C(C)(C)C[C@@]1(C)c1cccc2ccccc12. The van der Waals surface area contributed by atoms with Crippen LogP contribution in [0, 0.1) is 0 Å². The van der Waals surface area contributed by atoms with Crippen LogP contribution < -0.4 is 10.2 Å². The molecular formula is C30H40N2. The second-order valence-corrected chi connectivity index (χ2v) is 11.1. The minimum Gasteiger partial charge on any atom is -0.349 e. The molecule has 2 heteroatoms. The standard InChI is InChI=1S/C30H40N2/c1-20(2)23-16-12-17-24(21(3)4)27(23)32-28(31-8)30(7,19-29(32,5)6)26-18-11-14-22-13-9-10-15-25(22)26/h9-18,20-21,28,31H,19H2,1-8H3/t28?,30-/m0/s1. The van der Waals surface area contributed by atoms with Crippen LogP contribution in [0.15, 0.2) is 60.7 Å². The van der Waals surface area contributed by atoms with Crippen LogP contribution in [0.4, 0.5) is 5.69 Å². The Hall–Kier alpha value is -2.32. The zero-order valence-electron chi connectivity index (χ0n) is 21.2. The van der Waals surface area contributed by atoms with Gasteiger partial charge in [0.1, 0.15) is 0 Å². The van der Waals surface area contributed by atoms with Gasteiger partial charge in [-0.2, -0.15) is 0 Å². The Kier molecular flexibility index (Phi) is 5.88. The molecule has 0 saturated carbocycles. The predicted octanol–water partition coefficient (Wildman–Crippen LogP) is 7.58. The average molecular weight is 429 g/mol. The van der Waals surface area contributed by atoms with Gasteiger partial charge in [0.15, 0.2) is 0 Å². The van der Waals surface area contributed by atoms with Crippen molar-refractivity contribution in [3.63, 3.8) is 0 Å². The molecule has 1 unspecified atom stereocenters. The number of nitrogens with zero attached hydrogens (tertiary/aromatic N) is 1. The van der Waals surface area contributed by atoms with E-state index in [1.54, 1.807) is 0 Å². The van der Waals surface area contributed by atoms with Crippen LogP contribution in [0.5, 0.6) is 0 Å². The van der Waals surface area contributed by atoms with Gasteiger partial charge in [0.25, 0.3) is 0 Å². The van der Waals surface area contributed by atoms with Gasteiger partial charge in [-0.15, -0.1) is 0 Å². The molecule has 0 amide bonds. The molecule has 1 saturated heterocycles. The molecule has 2 atom stereocenters. The van der Waals surface area contributed by atoms with Gasteiger partial charge in [0.05, 0.1) is 6.17 Å². The fourth-order valence-corrected chi connectivity index (χ4v) is 6.35. The Morgan fingerprint density at radius 2 is 1.38 bits per heavy atom. The van der Waals surface area contributed by atoms with Crippen molar-refractivity contribution in [3.8, 4) is 0 Å². The van der Waals surface area contributed by atoms with Crippen molar-refractivity contribution >= 4 is 16.5 Å². The smallest absolute Gasteiger partial charge is 0.0895 e. The second-order valence-electron chi connectivity index (χ2n) is 11.1. The third kappa shape index (κ3) is 3.53. The summed E-state index contributed by atoms with van der Waals surface area (Å²) in [5.41, 5.74) is 5.76. The molecule has 4 rings (SSSR count). The van der Waals surface area contributed by atoms with Crippen LogP contribution in [0.25, 0.3) is 10.8 Å². The summed E-state index contributed by atoms with van der Waals surface area (Å²) in [6, 6.07) is 22.6. The third-order valence-electron chi connectivity index (χ3n) is 7.58. The number of anilines is 1. The fraction of sp³-hybridized carbons (Fsp3) is 0.467. The van der Waals surface area contributed by atoms with Gasteiger partial charge in [0.2, 0.25) is 0 Å². The lowest BCUT2D eigenvalue weighted by Crippen LogP contribution is -2.53. The van der Waals surface area contributed by atoms with Crippen LogP contribution in [0.2, 0.25) is 0 Å². The zero-order chi connectivity index (χ0) is 23.3. The lowest BCUT2D eigenvalue weighted by molar-refractivity contribution is 0.381. The van der Waals surface area contributed by atoms with E-state index in [0.717, 1.165) is 6.42 Å². The number of likely N-dealkylation sites (N-methyl/N-ethyl adjacent to an activating group) is 1. The number of benzene rings is 3. The first kappa shape index (κ1) is 22.9. The summed E-state index contributed by atoms with van der Waals surface area (Å²) >= 11 is 0. The minimum absolute atomic E-state index is 0.00794. The molecular weight excluding hydrogens is 388 g/mol. The lowest BCUT2D eigenvalue weighted by atomic mass is 9.74. The molecule has 0 spiro atoms. The molecule has 170 valence electrons. The largest absolute Gasteiger partial charge is 0.349 e. The fourth-order valence-electron chi connectivity index (χ4n) is 6.35. The first-order valence-electron chi connectivity index (χ1n) is 12.2. The topological polar surface area (TPSA) is 15.3 Å². The molecule has 1 aliphatic heterocycles. The highest BCUT2D eigenvalue weighted by Gasteiger charge is 2.54. The van der Waals surface area contributed by atoms with Crippen LogP contribution in [-0.2, 0) is 5.41 Å². The van der Waals surface area contributed by atoms with E-state index < -0.39 is 0 Å². The zero-order valence-corrected chi connectivity index (χ0v) is 21.2. The monoisotopic (exact) mass is 428 g/mol. The van der Waals surface area contributed by atoms with E-state index in [2.05, 4.69) is 126 Å². The first-order valence-corrected chi connectivity index (χ1v) is 12.2. The normalized spacial score (nSPS) is 22.9. The number of rotatable bonds is 5. The maximum atomic E-state index is 3.78. The number of nitrogens with one attached hydrogen (secondary N) is 1. The van der Waals surface area contributed by atoms with E-state index in [-0.39, 0.29) is 17.1 Å². The van der Waals surface area contributed by atoms with Crippen LogP contribution in [0.1, 0.15) is 83.4 Å². The molecule has 0 aliphatic carbocycles. The van der Waals surface area contributed by atoms with Gasteiger partial charge < -0.3 is 4.90 Å². The van der Waals surface area contributed by atoms with Gasteiger partial charge in [-0.1, -0.05) is 95.3 Å². The molecule has 0 aromatic heterocycles. The highest BCUT2D eigenvalue weighted by atomic mass is 15.4. The average Bonchev–Trinajstić information content (AvgIpc) is 2.97. The Bertz CT molecular complexity index is 1080. The van der Waals surface area contributed by atoms with Crippen LogP contribution in [-0.4, -0.2) is 18.8 Å². The van der Waals surface area contributed by atoms with Gasteiger partial charge >= 0.3 is 0 Å². The number of para-hydroxylation sites is 1. The quantitative estimate of drug-likeness (QED) is 0.450. The van der Waals surface area contributed by atoms with Gasteiger partial charge in [-0.3, -0.25) is 5.32 Å². The Labute approximate surface area is 195 Å². The van der Waals surface area contributed by atoms with Crippen molar-refractivity contribution in [2.45, 2.75) is 83.8 Å². The summed E-state index contributed by atoms with van der Waals surface area (Å²) < 4.78 is 0. The Balaban J connectivity index is 1.97. The molecule has 1 fully saturated rings. The highest BCUT2D eigenvalue weighted by Crippen LogP contribution is 2.53. The number of hydrogen-bond donors (Lipinski definition) is 1. The molecule has 1 N–H and O–H groups in total. The van der Waals surface area contributed by atoms with E-state index in [0.29, 0.717) is 11.8 Å².